The summed E-state index contributed by atoms with van der Waals surface area (Å²) in [7, 11) is 0. The zero-order chi connectivity index (χ0) is 37.7. The Balaban J connectivity index is 1.13. The number of anilines is 5. The van der Waals surface area contributed by atoms with Gasteiger partial charge in [-0.2, -0.15) is 0 Å². The third-order valence-corrected chi connectivity index (χ3v) is 12.4. The highest BCUT2D eigenvalue weighted by molar-refractivity contribution is 6.03. The number of nitrogens with zero attached hydrogens (tertiary/aromatic N) is 3. The molecule has 3 heterocycles. The summed E-state index contributed by atoms with van der Waals surface area (Å²) < 4.78 is 6.87. The van der Waals surface area contributed by atoms with Crippen molar-refractivity contribution in [3.63, 3.8) is 0 Å². The summed E-state index contributed by atoms with van der Waals surface area (Å²) in [5.74, 6) is 2.08. The number of allylic oxidation sites excluding steroid dienone is 3. The van der Waals surface area contributed by atoms with E-state index >= 15 is 0 Å². The molecule has 4 aliphatic rings. The molecule has 0 saturated heterocycles. The van der Waals surface area contributed by atoms with E-state index in [0.29, 0.717) is 5.92 Å². The molecule has 0 amide bonds. The summed E-state index contributed by atoms with van der Waals surface area (Å²) in [6.07, 6.45) is 7.59. The molecule has 0 fully saturated rings. The Kier molecular flexibility index (Phi) is 6.85. The average Bonchev–Trinajstić information content (AvgIpc) is 3.57. The van der Waals surface area contributed by atoms with Crippen molar-refractivity contribution in [3.05, 3.63) is 216 Å². The number of rotatable bonds is 3. The summed E-state index contributed by atoms with van der Waals surface area (Å²) >= 11 is 0. The molecule has 270 valence electrons. The Morgan fingerprint density at radius 1 is 0.579 bits per heavy atom. The molecule has 7 aromatic carbocycles. The van der Waals surface area contributed by atoms with Gasteiger partial charge in [0.05, 0.1) is 28.0 Å². The molecule has 0 radical (unpaired) electrons. The van der Waals surface area contributed by atoms with Crippen LogP contribution in [0.5, 0.6) is 11.5 Å². The Labute approximate surface area is 332 Å². The van der Waals surface area contributed by atoms with Gasteiger partial charge in [0.2, 0.25) is 0 Å². The largest absolute Gasteiger partial charge is 0.453 e. The fourth-order valence-electron chi connectivity index (χ4n) is 10.2. The minimum Gasteiger partial charge on any atom is -0.453 e. The number of ether oxygens (including phenoxy) is 1. The first kappa shape index (κ1) is 32.1. The normalized spacial score (nSPS) is 18.4. The predicted octanol–water partition coefficient (Wildman–Crippen LogP) is 13.8. The third-order valence-electron chi connectivity index (χ3n) is 12.4. The van der Waals surface area contributed by atoms with Crippen molar-refractivity contribution in [3.8, 4) is 33.8 Å². The molecular formula is C53H37N3O. The Hall–Kier alpha value is -7.17. The maximum absolute atomic E-state index is 6.87. The number of pyridine rings is 1. The van der Waals surface area contributed by atoms with E-state index in [-0.39, 0.29) is 0 Å². The molecule has 8 aromatic rings. The molecule has 12 rings (SSSR count). The lowest BCUT2D eigenvalue weighted by Crippen LogP contribution is -2.40. The lowest BCUT2D eigenvalue weighted by atomic mass is 9.61. The van der Waals surface area contributed by atoms with Gasteiger partial charge >= 0.3 is 0 Å². The van der Waals surface area contributed by atoms with Crippen molar-refractivity contribution in [1.82, 2.24) is 4.98 Å². The Morgan fingerprint density at radius 2 is 1.30 bits per heavy atom. The van der Waals surface area contributed by atoms with E-state index in [2.05, 4.69) is 193 Å². The number of aromatic nitrogens is 1. The van der Waals surface area contributed by atoms with Crippen LogP contribution in [-0.4, -0.2) is 4.98 Å². The van der Waals surface area contributed by atoms with Crippen LogP contribution in [0, 0.1) is 5.92 Å². The van der Waals surface area contributed by atoms with Crippen LogP contribution in [0.25, 0.3) is 33.2 Å². The van der Waals surface area contributed by atoms with Gasteiger partial charge in [-0.3, -0.25) is 4.98 Å². The van der Waals surface area contributed by atoms with Crippen molar-refractivity contribution in [1.29, 1.82) is 0 Å². The zero-order valence-corrected chi connectivity index (χ0v) is 31.4. The molecule has 2 aliphatic carbocycles. The molecule has 2 atom stereocenters. The van der Waals surface area contributed by atoms with Gasteiger partial charge in [0.1, 0.15) is 0 Å². The van der Waals surface area contributed by atoms with Gasteiger partial charge in [-0.15, -0.1) is 0 Å². The van der Waals surface area contributed by atoms with E-state index in [0.717, 1.165) is 57.0 Å². The first-order valence-electron chi connectivity index (χ1n) is 19.9. The summed E-state index contributed by atoms with van der Waals surface area (Å²) in [5, 5.41) is 1.13. The Bertz CT molecular complexity index is 3000. The molecule has 57 heavy (non-hydrogen) atoms. The molecule has 2 aliphatic heterocycles. The van der Waals surface area contributed by atoms with Crippen LogP contribution in [0.1, 0.15) is 30.0 Å². The number of hydrogen-bond donors (Lipinski definition) is 0. The van der Waals surface area contributed by atoms with Crippen molar-refractivity contribution in [2.75, 3.05) is 9.80 Å². The fourth-order valence-corrected chi connectivity index (χ4v) is 10.2. The second-order valence-corrected chi connectivity index (χ2v) is 15.6. The van der Waals surface area contributed by atoms with Gasteiger partial charge in [-0.05, 0) is 106 Å². The number of para-hydroxylation sites is 5. The predicted molar refractivity (Wildman–Crippen MR) is 232 cm³/mol. The molecule has 1 aromatic heterocycles. The quantitative estimate of drug-likeness (QED) is 0.181. The van der Waals surface area contributed by atoms with Gasteiger partial charge in [0.25, 0.3) is 0 Å². The topological polar surface area (TPSA) is 28.6 Å². The lowest BCUT2D eigenvalue weighted by molar-refractivity contribution is 0.477. The lowest BCUT2D eigenvalue weighted by Gasteiger charge is -2.48. The number of hydrogen-bond acceptors (Lipinski definition) is 4. The van der Waals surface area contributed by atoms with Crippen LogP contribution < -0.4 is 14.5 Å². The fraction of sp³-hybridized carbons (Fsp3) is 0.0755. The molecule has 0 saturated carbocycles. The molecule has 4 nitrogen and oxygen atoms in total. The number of benzene rings is 7. The van der Waals surface area contributed by atoms with Crippen LogP contribution in [0.4, 0.5) is 28.4 Å². The van der Waals surface area contributed by atoms with Gasteiger partial charge in [-0.1, -0.05) is 128 Å². The monoisotopic (exact) mass is 731 g/mol. The summed E-state index contributed by atoms with van der Waals surface area (Å²) in [5.41, 5.74) is 17.4. The van der Waals surface area contributed by atoms with Gasteiger partial charge in [0.15, 0.2) is 11.5 Å². The van der Waals surface area contributed by atoms with E-state index in [4.69, 9.17) is 9.72 Å². The Morgan fingerprint density at radius 3 is 2.18 bits per heavy atom. The van der Waals surface area contributed by atoms with Gasteiger partial charge in [0, 0.05) is 39.8 Å². The van der Waals surface area contributed by atoms with E-state index in [9.17, 15) is 0 Å². The average molecular weight is 732 g/mol. The SMILES string of the molecule is CC1C=CC2=C(C1)C1(c3ccccc3-c3c1ccc1c3N(c3ccc(-c4cccc5cccnc45)cc3)c3ccccc3O1)c1ccccc1N2c1ccccc1. The molecule has 4 heteroatoms. The maximum Gasteiger partial charge on any atom is 0.152 e. The van der Waals surface area contributed by atoms with Gasteiger partial charge in [-0.25, -0.2) is 0 Å². The third kappa shape index (κ3) is 4.47. The van der Waals surface area contributed by atoms with E-state index in [1.54, 1.807) is 0 Å². The van der Waals surface area contributed by atoms with Crippen LogP contribution in [0.15, 0.2) is 199 Å². The maximum atomic E-state index is 6.87. The molecule has 1 spiro atoms. The van der Waals surface area contributed by atoms with Crippen molar-refractivity contribution in [2.24, 2.45) is 5.92 Å². The molecule has 0 N–H and O–H groups in total. The van der Waals surface area contributed by atoms with Crippen molar-refractivity contribution < 1.29 is 4.74 Å². The summed E-state index contributed by atoms with van der Waals surface area (Å²) in [6, 6.07) is 61.5. The highest BCUT2D eigenvalue weighted by atomic mass is 16.5. The zero-order valence-electron chi connectivity index (χ0n) is 31.4. The minimum atomic E-state index is -0.509. The van der Waals surface area contributed by atoms with E-state index < -0.39 is 5.41 Å². The van der Waals surface area contributed by atoms with Crippen LogP contribution in [-0.2, 0) is 5.41 Å². The molecular weight excluding hydrogens is 695 g/mol. The second kappa shape index (κ2) is 12.2. The van der Waals surface area contributed by atoms with Crippen LogP contribution in [0.3, 0.4) is 0 Å². The summed E-state index contributed by atoms with van der Waals surface area (Å²) in [6.45, 7) is 2.35. The van der Waals surface area contributed by atoms with E-state index in [1.807, 2.05) is 12.3 Å². The van der Waals surface area contributed by atoms with Crippen molar-refractivity contribution in [2.45, 2.75) is 18.8 Å². The standard InChI is InChI=1S/C53H37N3O/c1-34-24-30-46-44(33-34)53(42-20-7-8-21-45(42)55(46)37-15-3-2-4-16-37)41-19-6-5-17-40(41)50-43(53)29-31-49-52(50)56(47-22-9-10-23-48(47)57-49)38-27-25-35(26-28-38)39-18-11-13-36-14-12-32-54-51(36)39/h2-32,34H,33H2,1H3. The first-order valence-corrected chi connectivity index (χ1v) is 19.9. The minimum absolute atomic E-state index is 0.388. The van der Waals surface area contributed by atoms with E-state index in [1.165, 1.54) is 50.5 Å². The first-order chi connectivity index (χ1) is 28.2. The van der Waals surface area contributed by atoms with Crippen LogP contribution >= 0.6 is 0 Å². The smallest absolute Gasteiger partial charge is 0.152 e. The second-order valence-electron chi connectivity index (χ2n) is 15.6. The van der Waals surface area contributed by atoms with Crippen molar-refractivity contribution >= 4 is 39.3 Å². The van der Waals surface area contributed by atoms with Gasteiger partial charge < -0.3 is 14.5 Å². The summed E-state index contributed by atoms with van der Waals surface area (Å²) in [4.78, 5) is 9.68. The van der Waals surface area contributed by atoms with Crippen LogP contribution in [0.2, 0.25) is 0 Å². The highest BCUT2D eigenvalue weighted by Crippen LogP contribution is 2.67. The molecule has 0 bridgehead atoms. The highest BCUT2D eigenvalue weighted by Gasteiger charge is 2.54. The molecule has 2 unspecified atom stereocenters. The number of fused-ring (bicyclic) bond motifs is 12.